The lowest BCUT2D eigenvalue weighted by Gasteiger charge is -2.36. The van der Waals surface area contributed by atoms with E-state index in [9.17, 15) is 0 Å². The van der Waals surface area contributed by atoms with Crippen LogP contribution >= 0.6 is 0 Å². The summed E-state index contributed by atoms with van der Waals surface area (Å²) in [6.45, 7) is 7.02. The average Bonchev–Trinajstić information content (AvgIpc) is 2.55. The first kappa shape index (κ1) is 13.8. The highest BCUT2D eigenvalue weighted by Gasteiger charge is 2.19. The van der Waals surface area contributed by atoms with E-state index in [1.807, 2.05) is 12.3 Å². The van der Waals surface area contributed by atoms with Crippen molar-refractivity contribution in [2.75, 3.05) is 44.2 Å². The van der Waals surface area contributed by atoms with Crippen LogP contribution < -0.4 is 10.2 Å². The maximum atomic E-state index is 4.44. The van der Waals surface area contributed by atoms with E-state index in [2.05, 4.69) is 32.2 Å². The van der Waals surface area contributed by atoms with Crippen LogP contribution in [0.5, 0.6) is 0 Å². The van der Waals surface area contributed by atoms with Gasteiger partial charge in [-0.1, -0.05) is 12.5 Å². The Hall–Kier alpha value is -1.13. The van der Waals surface area contributed by atoms with Crippen LogP contribution in [0.1, 0.15) is 25.7 Å². The monoisotopic (exact) mass is 274 g/mol. The SMILES string of the molecule is c1ccc(N2CCN(CCC3CCCCN3)CC2)nc1. The van der Waals surface area contributed by atoms with Crippen LogP contribution in [0.2, 0.25) is 0 Å². The molecule has 110 valence electrons. The average molecular weight is 274 g/mol. The predicted molar refractivity (Wildman–Crippen MR) is 83.1 cm³/mol. The Morgan fingerprint density at radius 1 is 1.15 bits per heavy atom. The summed E-state index contributed by atoms with van der Waals surface area (Å²) in [6, 6.07) is 6.93. The van der Waals surface area contributed by atoms with Crippen LogP contribution in [-0.4, -0.2) is 55.2 Å². The number of hydrogen-bond acceptors (Lipinski definition) is 4. The number of hydrogen-bond donors (Lipinski definition) is 1. The molecule has 4 heteroatoms. The molecule has 20 heavy (non-hydrogen) atoms. The molecule has 1 aromatic rings. The van der Waals surface area contributed by atoms with E-state index in [0.29, 0.717) is 0 Å². The molecule has 2 aliphatic heterocycles. The van der Waals surface area contributed by atoms with Crippen LogP contribution in [-0.2, 0) is 0 Å². The van der Waals surface area contributed by atoms with Gasteiger partial charge in [-0.2, -0.15) is 0 Å². The summed E-state index contributed by atoms with van der Waals surface area (Å²) in [6.07, 6.45) is 7.33. The van der Waals surface area contributed by atoms with Crippen molar-refractivity contribution < 1.29 is 0 Å². The van der Waals surface area contributed by atoms with Gasteiger partial charge in [0.25, 0.3) is 0 Å². The van der Waals surface area contributed by atoms with Gasteiger partial charge in [-0.25, -0.2) is 4.98 Å². The smallest absolute Gasteiger partial charge is 0.128 e. The van der Waals surface area contributed by atoms with Gasteiger partial charge in [-0.05, 0) is 44.5 Å². The molecule has 0 bridgehead atoms. The second kappa shape index (κ2) is 7.04. The van der Waals surface area contributed by atoms with Crippen molar-refractivity contribution in [1.82, 2.24) is 15.2 Å². The molecule has 1 unspecified atom stereocenters. The summed E-state index contributed by atoms with van der Waals surface area (Å²) in [7, 11) is 0. The van der Waals surface area contributed by atoms with Gasteiger partial charge in [-0.3, -0.25) is 4.90 Å². The number of aromatic nitrogens is 1. The summed E-state index contributed by atoms with van der Waals surface area (Å²) in [5.74, 6) is 1.13. The van der Waals surface area contributed by atoms with Crippen molar-refractivity contribution >= 4 is 5.82 Å². The van der Waals surface area contributed by atoms with E-state index in [0.717, 1.165) is 24.9 Å². The van der Waals surface area contributed by atoms with Crippen molar-refractivity contribution in [3.8, 4) is 0 Å². The maximum Gasteiger partial charge on any atom is 0.128 e. The molecule has 1 N–H and O–H groups in total. The van der Waals surface area contributed by atoms with Gasteiger partial charge in [0.1, 0.15) is 5.82 Å². The maximum absolute atomic E-state index is 4.44. The number of piperazine rings is 1. The second-order valence-corrected chi connectivity index (χ2v) is 5.95. The van der Waals surface area contributed by atoms with E-state index < -0.39 is 0 Å². The Bertz CT molecular complexity index is 381. The zero-order valence-electron chi connectivity index (χ0n) is 12.3. The molecule has 2 fully saturated rings. The highest BCUT2D eigenvalue weighted by Crippen LogP contribution is 2.14. The molecule has 0 radical (unpaired) electrons. The minimum Gasteiger partial charge on any atom is -0.354 e. The Kier molecular flexibility index (Phi) is 4.87. The molecule has 0 spiro atoms. The molecule has 2 saturated heterocycles. The fourth-order valence-corrected chi connectivity index (χ4v) is 3.25. The first-order valence-corrected chi connectivity index (χ1v) is 8.03. The number of rotatable bonds is 4. The highest BCUT2D eigenvalue weighted by molar-refractivity contribution is 5.38. The van der Waals surface area contributed by atoms with Crippen LogP contribution in [0.3, 0.4) is 0 Å². The Balaban J connectivity index is 1.40. The normalized spacial score (nSPS) is 24.8. The quantitative estimate of drug-likeness (QED) is 0.906. The Labute approximate surface area is 122 Å². The molecule has 1 aromatic heterocycles. The van der Waals surface area contributed by atoms with Crippen molar-refractivity contribution in [2.45, 2.75) is 31.7 Å². The minimum atomic E-state index is 0.762. The van der Waals surface area contributed by atoms with Gasteiger partial charge in [0.05, 0.1) is 0 Å². The Morgan fingerprint density at radius 3 is 2.75 bits per heavy atom. The number of nitrogens with zero attached hydrogens (tertiary/aromatic N) is 3. The standard InChI is InChI=1S/C16H26N4/c1-3-8-17-15(5-1)7-10-19-11-13-20(14-12-19)16-6-2-4-9-18-16/h2,4,6,9,15,17H,1,3,5,7-8,10-14H2. The van der Waals surface area contributed by atoms with E-state index >= 15 is 0 Å². The summed E-state index contributed by atoms with van der Waals surface area (Å²) in [5.41, 5.74) is 0. The molecule has 2 aliphatic rings. The largest absolute Gasteiger partial charge is 0.354 e. The van der Waals surface area contributed by atoms with Crippen LogP contribution in [0.4, 0.5) is 5.82 Å². The fourth-order valence-electron chi connectivity index (χ4n) is 3.25. The van der Waals surface area contributed by atoms with E-state index in [1.165, 1.54) is 51.9 Å². The number of nitrogens with one attached hydrogen (secondary N) is 1. The molecule has 0 saturated carbocycles. The number of pyridine rings is 1. The minimum absolute atomic E-state index is 0.762. The summed E-state index contributed by atoms with van der Waals surface area (Å²) >= 11 is 0. The summed E-state index contributed by atoms with van der Waals surface area (Å²) < 4.78 is 0. The Morgan fingerprint density at radius 2 is 2.05 bits per heavy atom. The van der Waals surface area contributed by atoms with Gasteiger partial charge >= 0.3 is 0 Å². The lowest BCUT2D eigenvalue weighted by molar-refractivity contribution is 0.234. The van der Waals surface area contributed by atoms with E-state index in [4.69, 9.17) is 0 Å². The molecule has 3 heterocycles. The topological polar surface area (TPSA) is 31.4 Å². The van der Waals surface area contributed by atoms with Crippen LogP contribution in [0, 0.1) is 0 Å². The fraction of sp³-hybridized carbons (Fsp3) is 0.688. The van der Waals surface area contributed by atoms with Crippen molar-refractivity contribution in [3.05, 3.63) is 24.4 Å². The van der Waals surface area contributed by atoms with Crippen molar-refractivity contribution in [3.63, 3.8) is 0 Å². The van der Waals surface area contributed by atoms with Gasteiger partial charge < -0.3 is 10.2 Å². The first-order valence-electron chi connectivity index (χ1n) is 8.03. The molecule has 3 rings (SSSR count). The van der Waals surface area contributed by atoms with Gasteiger partial charge in [-0.15, -0.1) is 0 Å². The molecule has 4 nitrogen and oxygen atoms in total. The predicted octanol–water partition coefficient (Wildman–Crippen LogP) is 1.74. The zero-order chi connectivity index (χ0) is 13.6. The molecule has 1 atom stereocenters. The van der Waals surface area contributed by atoms with Crippen LogP contribution in [0.15, 0.2) is 24.4 Å². The van der Waals surface area contributed by atoms with Crippen molar-refractivity contribution in [2.24, 2.45) is 0 Å². The third kappa shape index (κ3) is 3.70. The molecule has 0 aliphatic carbocycles. The third-order valence-electron chi connectivity index (χ3n) is 4.55. The first-order chi connectivity index (χ1) is 9.92. The lowest BCUT2D eigenvalue weighted by Crippen LogP contribution is -2.48. The van der Waals surface area contributed by atoms with Crippen LogP contribution in [0.25, 0.3) is 0 Å². The van der Waals surface area contributed by atoms with Crippen molar-refractivity contribution in [1.29, 1.82) is 0 Å². The van der Waals surface area contributed by atoms with Gasteiger partial charge in [0.2, 0.25) is 0 Å². The third-order valence-corrected chi connectivity index (χ3v) is 4.55. The van der Waals surface area contributed by atoms with Gasteiger partial charge in [0, 0.05) is 38.4 Å². The summed E-state index contributed by atoms with van der Waals surface area (Å²) in [4.78, 5) is 9.45. The van der Waals surface area contributed by atoms with Gasteiger partial charge in [0.15, 0.2) is 0 Å². The molecular formula is C16H26N4. The molecular weight excluding hydrogens is 248 g/mol. The number of piperidine rings is 1. The number of anilines is 1. The van der Waals surface area contributed by atoms with E-state index in [1.54, 1.807) is 0 Å². The lowest BCUT2D eigenvalue weighted by atomic mass is 10.0. The second-order valence-electron chi connectivity index (χ2n) is 5.95. The van der Waals surface area contributed by atoms with E-state index in [-0.39, 0.29) is 0 Å². The zero-order valence-corrected chi connectivity index (χ0v) is 12.3. The summed E-state index contributed by atoms with van der Waals surface area (Å²) in [5, 5.41) is 3.65. The molecule has 0 aromatic carbocycles. The molecule has 0 amide bonds. The highest BCUT2D eigenvalue weighted by atomic mass is 15.3.